The molecule has 0 radical (unpaired) electrons. The number of nitrogens with zero attached hydrogens (tertiary/aromatic N) is 1. The molecular formula is C19H16Br2N2OS. The van der Waals surface area contributed by atoms with Gasteiger partial charge in [-0.25, -0.2) is 4.98 Å². The van der Waals surface area contributed by atoms with Gasteiger partial charge in [-0.3, -0.25) is 10.1 Å². The third kappa shape index (κ3) is 4.37. The summed E-state index contributed by atoms with van der Waals surface area (Å²) in [5.74, 6) is -0.161. The highest BCUT2D eigenvalue weighted by atomic mass is 79.9. The Morgan fingerprint density at radius 3 is 2.52 bits per heavy atom. The van der Waals surface area contributed by atoms with Crippen LogP contribution in [-0.2, 0) is 6.42 Å². The fourth-order valence-corrected chi connectivity index (χ4v) is 4.25. The molecule has 1 amide bonds. The van der Waals surface area contributed by atoms with E-state index in [1.807, 2.05) is 42.5 Å². The fraction of sp³-hybridized carbons (Fsp3) is 0.158. The standard InChI is InChI=1S/C19H16Br2N2OS/c1-2-5-16-17(12-8-10-13(20)11-9-12)22-19(25-16)23-18(24)14-6-3-4-7-15(14)21/h3-4,6-11H,2,5H2,1H3,(H,22,23,24). The van der Waals surface area contributed by atoms with Crippen LogP contribution in [0, 0.1) is 0 Å². The van der Waals surface area contributed by atoms with Crippen LogP contribution in [0.25, 0.3) is 11.3 Å². The molecule has 0 aliphatic rings. The SMILES string of the molecule is CCCc1sc(NC(=O)c2ccccc2Br)nc1-c1ccc(Br)cc1. The van der Waals surface area contributed by atoms with E-state index in [0.717, 1.165) is 33.0 Å². The zero-order valence-corrected chi connectivity index (χ0v) is 17.5. The van der Waals surface area contributed by atoms with Crippen molar-refractivity contribution in [3.63, 3.8) is 0 Å². The topological polar surface area (TPSA) is 42.0 Å². The van der Waals surface area contributed by atoms with E-state index in [4.69, 9.17) is 0 Å². The molecule has 3 aromatic rings. The number of hydrogen-bond acceptors (Lipinski definition) is 3. The number of carbonyl (C=O) groups excluding carboxylic acids is 1. The number of benzene rings is 2. The number of anilines is 1. The van der Waals surface area contributed by atoms with E-state index in [2.05, 4.69) is 49.1 Å². The fourth-order valence-electron chi connectivity index (χ4n) is 2.44. The molecule has 0 unspecified atom stereocenters. The highest BCUT2D eigenvalue weighted by Crippen LogP contribution is 2.33. The Morgan fingerprint density at radius 1 is 1.12 bits per heavy atom. The summed E-state index contributed by atoms with van der Waals surface area (Å²) in [4.78, 5) is 18.4. The van der Waals surface area contributed by atoms with Gasteiger partial charge in [0.25, 0.3) is 5.91 Å². The number of hydrogen-bond donors (Lipinski definition) is 1. The lowest BCUT2D eigenvalue weighted by molar-refractivity contribution is 0.102. The van der Waals surface area contributed by atoms with Gasteiger partial charge in [0, 0.05) is 19.4 Å². The maximum atomic E-state index is 12.5. The van der Waals surface area contributed by atoms with Crippen LogP contribution < -0.4 is 5.32 Å². The van der Waals surface area contributed by atoms with Gasteiger partial charge in [0.2, 0.25) is 0 Å². The molecule has 3 rings (SSSR count). The van der Waals surface area contributed by atoms with E-state index >= 15 is 0 Å². The van der Waals surface area contributed by atoms with Gasteiger partial charge < -0.3 is 0 Å². The van der Waals surface area contributed by atoms with Crippen LogP contribution in [0.1, 0.15) is 28.6 Å². The first-order valence-corrected chi connectivity index (χ1v) is 10.3. The first-order chi connectivity index (χ1) is 12.1. The van der Waals surface area contributed by atoms with Gasteiger partial charge in [-0.2, -0.15) is 0 Å². The lowest BCUT2D eigenvalue weighted by Crippen LogP contribution is -2.12. The Balaban J connectivity index is 1.90. The third-order valence-corrected chi connectivity index (χ3v) is 5.88. The summed E-state index contributed by atoms with van der Waals surface area (Å²) in [6.45, 7) is 2.14. The Morgan fingerprint density at radius 2 is 1.84 bits per heavy atom. The van der Waals surface area contributed by atoms with Crippen LogP contribution in [0.5, 0.6) is 0 Å². The predicted octanol–water partition coefficient (Wildman–Crippen LogP) is 6.54. The van der Waals surface area contributed by atoms with Gasteiger partial charge in [-0.1, -0.05) is 53.5 Å². The molecule has 0 saturated carbocycles. The summed E-state index contributed by atoms with van der Waals surface area (Å²) in [5.41, 5.74) is 2.60. The zero-order valence-electron chi connectivity index (χ0n) is 13.6. The molecule has 0 atom stereocenters. The molecular weight excluding hydrogens is 464 g/mol. The molecule has 0 spiro atoms. The van der Waals surface area contributed by atoms with Crippen molar-refractivity contribution in [3.8, 4) is 11.3 Å². The number of carbonyl (C=O) groups is 1. The number of thiazole rings is 1. The third-order valence-electron chi connectivity index (χ3n) is 3.63. The first kappa shape index (κ1) is 18.3. The number of nitrogens with one attached hydrogen (secondary N) is 1. The van der Waals surface area contributed by atoms with Gasteiger partial charge >= 0.3 is 0 Å². The van der Waals surface area contributed by atoms with Crippen molar-refractivity contribution in [1.82, 2.24) is 4.98 Å². The van der Waals surface area contributed by atoms with Crippen molar-refractivity contribution in [2.24, 2.45) is 0 Å². The summed E-state index contributed by atoms with van der Waals surface area (Å²) in [6.07, 6.45) is 1.97. The van der Waals surface area contributed by atoms with E-state index in [1.54, 1.807) is 17.4 Å². The number of rotatable bonds is 5. The maximum absolute atomic E-state index is 12.5. The molecule has 3 nitrogen and oxygen atoms in total. The minimum Gasteiger partial charge on any atom is -0.298 e. The molecule has 128 valence electrons. The highest BCUT2D eigenvalue weighted by Gasteiger charge is 2.16. The quantitative estimate of drug-likeness (QED) is 0.451. The van der Waals surface area contributed by atoms with Crippen LogP contribution in [0.15, 0.2) is 57.5 Å². The highest BCUT2D eigenvalue weighted by molar-refractivity contribution is 9.10. The van der Waals surface area contributed by atoms with Gasteiger partial charge in [0.15, 0.2) is 5.13 Å². The molecule has 0 saturated heterocycles. The minimum absolute atomic E-state index is 0.161. The van der Waals surface area contributed by atoms with Crippen LogP contribution in [0.2, 0.25) is 0 Å². The molecule has 0 aliphatic carbocycles. The average Bonchev–Trinajstić information content (AvgIpc) is 2.98. The molecule has 0 fully saturated rings. The summed E-state index contributed by atoms with van der Waals surface area (Å²) >= 11 is 8.42. The molecule has 1 heterocycles. The van der Waals surface area contributed by atoms with Crippen molar-refractivity contribution in [1.29, 1.82) is 0 Å². The average molecular weight is 480 g/mol. The zero-order chi connectivity index (χ0) is 17.8. The van der Waals surface area contributed by atoms with Gasteiger partial charge in [-0.05, 0) is 46.6 Å². The van der Waals surface area contributed by atoms with E-state index in [-0.39, 0.29) is 5.91 Å². The van der Waals surface area contributed by atoms with Crippen molar-refractivity contribution in [3.05, 3.63) is 67.9 Å². The normalized spacial score (nSPS) is 10.7. The lowest BCUT2D eigenvalue weighted by Gasteiger charge is -2.03. The molecule has 1 N–H and O–H groups in total. The van der Waals surface area contributed by atoms with Gasteiger partial charge in [0.05, 0.1) is 11.3 Å². The lowest BCUT2D eigenvalue weighted by atomic mass is 10.1. The second-order valence-corrected chi connectivity index (χ2v) is 8.34. The Labute approximate surface area is 167 Å². The summed E-state index contributed by atoms with van der Waals surface area (Å²) in [7, 11) is 0. The smallest absolute Gasteiger partial charge is 0.258 e. The van der Waals surface area contributed by atoms with Crippen molar-refractivity contribution >= 4 is 54.2 Å². The van der Waals surface area contributed by atoms with E-state index in [0.29, 0.717) is 10.7 Å². The molecule has 0 aliphatic heterocycles. The van der Waals surface area contributed by atoms with Crippen molar-refractivity contribution in [2.75, 3.05) is 5.32 Å². The van der Waals surface area contributed by atoms with Crippen LogP contribution >= 0.6 is 43.2 Å². The summed E-state index contributed by atoms with van der Waals surface area (Å²) in [5, 5.41) is 3.56. The minimum atomic E-state index is -0.161. The van der Waals surface area contributed by atoms with Crippen molar-refractivity contribution in [2.45, 2.75) is 19.8 Å². The Kier molecular flexibility index (Phi) is 6.04. The van der Waals surface area contributed by atoms with Crippen LogP contribution in [0.3, 0.4) is 0 Å². The Bertz CT molecular complexity index is 891. The van der Waals surface area contributed by atoms with Gasteiger partial charge in [-0.15, -0.1) is 11.3 Å². The largest absolute Gasteiger partial charge is 0.298 e. The van der Waals surface area contributed by atoms with Crippen LogP contribution in [0.4, 0.5) is 5.13 Å². The second-order valence-electron chi connectivity index (χ2n) is 5.48. The summed E-state index contributed by atoms with van der Waals surface area (Å²) < 4.78 is 1.80. The van der Waals surface area contributed by atoms with E-state index < -0.39 is 0 Å². The van der Waals surface area contributed by atoms with E-state index in [9.17, 15) is 4.79 Å². The molecule has 0 bridgehead atoms. The second kappa shape index (κ2) is 8.25. The molecule has 2 aromatic carbocycles. The molecule has 25 heavy (non-hydrogen) atoms. The first-order valence-electron chi connectivity index (χ1n) is 7.90. The van der Waals surface area contributed by atoms with Crippen molar-refractivity contribution < 1.29 is 4.79 Å². The monoisotopic (exact) mass is 478 g/mol. The molecule has 1 aromatic heterocycles. The number of aromatic nitrogens is 1. The maximum Gasteiger partial charge on any atom is 0.258 e. The number of halogens is 2. The van der Waals surface area contributed by atoms with Crippen LogP contribution in [-0.4, -0.2) is 10.9 Å². The summed E-state index contributed by atoms with van der Waals surface area (Å²) in [6, 6.07) is 15.5. The molecule has 6 heteroatoms. The Hall–Kier alpha value is -1.50. The number of aryl methyl sites for hydroxylation is 1. The number of amides is 1. The van der Waals surface area contributed by atoms with E-state index in [1.165, 1.54) is 4.88 Å². The van der Waals surface area contributed by atoms with Gasteiger partial charge in [0.1, 0.15) is 0 Å². The predicted molar refractivity (Wildman–Crippen MR) is 111 cm³/mol.